The highest BCUT2D eigenvalue weighted by Gasteiger charge is 2.50. The van der Waals surface area contributed by atoms with Gasteiger partial charge in [0.25, 0.3) is 0 Å². The van der Waals surface area contributed by atoms with Crippen molar-refractivity contribution >= 4 is 70.2 Å². The highest BCUT2D eigenvalue weighted by molar-refractivity contribution is 9.10. The third-order valence-electron chi connectivity index (χ3n) is 3.82. The van der Waals surface area contributed by atoms with Crippen LogP contribution in [0, 0.1) is 0 Å². The fraction of sp³-hybridized carbons (Fsp3) is 0.538. The number of fused-ring (bicyclic) bond motifs is 3. The minimum Gasteiger partial charge on any atom is -0.0654 e. The molecule has 1 aromatic rings. The first-order valence-corrected chi connectivity index (χ1v) is 16.9. The summed E-state index contributed by atoms with van der Waals surface area (Å²) in [6.45, 7) is 2.33. The largest absolute Gasteiger partial charge is 0.0654 e. The van der Waals surface area contributed by atoms with Gasteiger partial charge in [-0.1, -0.05) is 70.5 Å². The second-order valence-corrected chi connectivity index (χ2v) is 20.1. The number of hydrogen-bond donors (Lipinski definition) is 0. The van der Waals surface area contributed by atoms with Gasteiger partial charge < -0.3 is 0 Å². The molecular formula is C13H15BrSi6. The Morgan fingerprint density at radius 3 is 2.05 bits per heavy atom. The van der Waals surface area contributed by atoms with Crippen molar-refractivity contribution in [3.05, 3.63) is 34.3 Å². The molecule has 0 saturated carbocycles. The highest BCUT2D eigenvalue weighted by Crippen LogP contribution is 2.41. The topological polar surface area (TPSA) is 0 Å². The normalized spacial score (nSPS) is 32.5. The first-order chi connectivity index (χ1) is 9.68. The fourth-order valence-electron chi connectivity index (χ4n) is 2.53. The molecule has 3 aliphatic heterocycles. The van der Waals surface area contributed by atoms with Crippen molar-refractivity contribution in [1.29, 1.82) is 0 Å². The van der Waals surface area contributed by atoms with Gasteiger partial charge in [-0.05, 0) is 16.4 Å². The lowest BCUT2D eigenvalue weighted by Crippen LogP contribution is -2.68. The van der Waals surface area contributed by atoms with Crippen molar-refractivity contribution in [2.45, 2.75) is 41.2 Å². The zero-order chi connectivity index (χ0) is 14.1. The van der Waals surface area contributed by atoms with Gasteiger partial charge in [-0.2, -0.15) is 0 Å². The van der Waals surface area contributed by atoms with Crippen LogP contribution in [0.3, 0.4) is 0 Å². The van der Waals surface area contributed by atoms with Gasteiger partial charge in [-0.3, -0.25) is 0 Å². The molecule has 4 rings (SSSR count). The minimum absolute atomic E-state index is 0.641. The van der Waals surface area contributed by atoms with E-state index >= 15 is 0 Å². The SMILES string of the molecule is CCCCCC12[Si][Si]C(c3ccc(Br)cc3)([Si][Si]1)[Si][Si]2. The Kier molecular flexibility index (Phi) is 5.26. The molecule has 3 saturated heterocycles. The molecule has 98 valence electrons. The van der Waals surface area contributed by atoms with Gasteiger partial charge in [0.15, 0.2) is 0 Å². The van der Waals surface area contributed by atoms with Crippen molar-refractivity contribution in [2.24, 2.45) is 0 Å². The fourth-order valence-corrected chi connectivity index (χ4v) is 33.6. The maximum atomic E-state index is 3.57. The number of rotatable bonds is 5. The maximum Gasteiger partial charge on any atom is 0.0271 e. The summed E-state index contributed by atoms with van der Waals surface area (Å²) >= 11 is 3.57. The molecule has 2 bridgehead atoms. The van der Waals surface area contributed by atoms with Crippen LogP contribution in [0.2, 0.25) is 4.28 Å². The summed E-state index contributed by atoms with van der Waals surface area (Å²) in [5.41, 5.74) is 1.66. The Labute approximate surface area is 145 Å². The van der Waals surface area contributed by atoms with Crippen LogP contribution in [0.1, 0.15) is 38.2 Å². The second-order valence-electron chi connectivity index (χ2n) is 5.37. The van der Waals surface area contributed by atoms with E-state index in [0.29, 0.717) is 4.28 Å². The van der Waals surface area contributed by atoms with E-state index in [0.717, 1.165) is 4.28 Å². The van der Waals surface area contributed by atoms with Crippen molar-refractivity contribution < 1.29 is 0 Å². The third-order valence-corrected chi connectivity index (χ3v) is 30.6. The van der Waals surface area contributed by atoms with E-state index in [-0.39, 0.29) is 0 Å². The van der Waals surface area contributed by atoms with Crippen molar-refractivity contribution in [2.75, 3.05) is 0 Å². The van der Waals surface area contributed by atoms with Gasteiger partial charge in [0.05, 0.1) is 0 Å². The number of unbranched alkanes of at least 4 members (excludes halogenated alkanes) is 2. The molecule has 0 amide bonds. The molecule has 0 atom stereocenters. The average Bonchev–Trinajstić information content (AvgIpc) is 2.50. The summed E-state index contributed by atoms with van der Waals surface area (Å²) in [5.74, 6) is 0. The standard InChI is InChI=1S/C13H15BrSi6/c1-2-3-4-9-12-15-18-13(19-16-12,20-17-12)10-5-7-11(14)8-6-10/h5-8H,2-4,9H2,1H3. The Bertz CT molecular complexity index is 438. The molecule has 3 aliphatic rings. The Morgan fingerprint density at radius 2 is 1.50 bits per heavy atom. The molecule has 0 N–H and O–H groups in total. The Morgan fingerprint density at radius 1 is 0.900 bits per heavy atom. The predicted octanol–water partition coefficient (Wildman–Crippen LogP) is 2.21. The lowest BCUT2D eigenvalue weighted by Gasteiger charge is -2.52. The van der Waals surface area contributed by atoms with Crippen LogP contribution in [-0.2, 0) is 4.28 Å². The van der Waals surface area contributed by atoms with Crippen molar-refractivity contribution in [1.82, 2.24) is 0 Å². The predicted molar refractivity (Wildman–Crippen MR) is 97.2 cm³/mol. The summed E-state index contributed by atoms with van der Waals surface area (Å²) in [6.07, 6.45) is 5.88. The molecule has 0 aromatic heterocycles. The quantitative estimate of drug-likeness (QED) is 0.507. The molecular weight excluding hydrogens is 405 g/mol. The monoisotopic (exact) mass is 418 g/mol. The van der Waals surface area contributed by atoms with Crippen LogP contribution in [0.25, 0.3) is 0 Å². The van der Waals surface area contributed by atoms with E-state index < -0.39 is 0 Å². The van der Waals surface area contributed by atoms with Crippen molar-refractivity contribution in [3.8, 4) is 0 Å². The van der Waals surface area contributed by atoms with Crippen LogP contribution in [0.5, 0.6) is 0 Å². The van der Waals surface area contributed by atoms with E-state index in [1.54, 1.807) is 12.0 Å². The van der Waals surface area contributed by atoms with Crippen molar-refractivity contribution in [3.63, 3.8) is 0 Å². The van der Waals surface area contributed by atoms with Crippen LogP contribution in [0.4, 0.5) is 0 Å². The smallest absolute Gasteiger partial charge is 0.0271 e. The maximum absolute atomic E-state index is 3.57. The van der Waals surface area contributed by atoms with Crippen LogP contribution < -0.4 is 0 Å². The van der Waals surface area contributed by atoms with E-state index in [2.05, 4.69) is 47.1 Å². The van der Waals surface area contributed by atoms with Crippen LogP contribution in [-0.4, -0.2) is 54.2 Å². The molecule has 12 radical (unpaired) electrons. The van der Waals surface area contributed by atoms with Gasteiger partial charge in [-0.25, -0.2) is 0 Å². The van der Waals surface area contributed by atoms with E-state index in [1.807, 2.05) is 0 Å². The first-order valence-electron chi connectivity index (χ1n) is 7.07. The molecule has 20 heavy (non-hydrogen) atoms. The first kappa shape index (κ1) is 15.9. The van der Waals surface area contributed by atoms with E-state index in [9.17, 15) is 0 Å². The molecule has 0 nitrogen and oxygen atoms in total. The molecule has 3 fully saturated rings. The van der Waals surface area contributed by atoms with Gasteiger partial charge in [0.1, 0.15) is 0 Å². The molecule has 1 aromatic carbocycles. The molecule has 0 unspecified atom stereocenters. The third kappa shape index (κ3) is 3.18. The number of halogens is 1. The Hall–Kier alpha value is 1.00. The summed E-state index contributed by atoms with van der Waals surface area (Å²) in [5, 5.41) is 0. The zero-order valence-electron chi connectivity index (χ0n) is 11.5. The zero-order valence-corrected chi connectivity index (χ0v) is 19.1. The summed E-state index contributed by atoms with van der Waals surface area (Å²) in [6, 6.07) is 9.28. The number of benzene rings is 1. The molecule has 3 heterocycles. The van der Waals surface area contributed by atoms with Crippen LogP contribution >= 0.6 is 15.9 Å². The van der Waals surface area contributed by atoms with E-state index in [1.165, 1.54) is 78.0 Å². The summed E-state index contributed by atoms with van der Waals surface area (Å²) in [4.78, 5) is 0. The Balaban J connectivity index is 1.68. The van der Waals surface area contributed by atoms with Gasteiger partial charge in [-0.15, -0.1) is 0 Å². The van der Waals surface area contributed by atoms with Gasteiger partial charge >= 0.3 is 0 Å². The molecule has 0 spiro atoms. The summed E-state index contributed by atoms with van der Waals surface area (Å²) < 4.78 is 2.71. The second kappa shape index (κ2) is 6.63. The van der Waals surface area contributed by atoms with Crippen LogP contribution in [0.15, 0.2) is 28.7 Å². The highest BCUT2D eigenvalue weighted by atomic mass is 79.9. The minimum atomic E-state index is 0.641. The van der Waals surface area contributed by atoms with E-state index in [4.69, 9.17) is 0 Å². The number of hydrogen-bond acceptors (Lipinski definition) is 0. The lowest BCUT2D eigenvalue weighted by atomic mass is 10.2. The summed E-state index contributed by atoms with van der Waals surface area (Å²) in [7, 11) is 7.48. The molecule has 0 aliphatic carbocycles. The van der Waals surface area contributed by atoms with Gasteiger partial charge in [0, 0.05) is 58.7 Å². The average molecular weight is 420 g/mol. The lowest BCUT2D eigenvalue weighted by molar-refractivity contribution is 0.668. The van der Waals surface area contributed by atoms with Gasteiger partial charge in [0.2, 0.25) is 0 Å². The molecule has 7 heteroatoms.